The number of fused-ring (bicyclic) bond motifs is 3. The van der Waals surface area contributed by atoms with Crippen molar-refractivity contribution >= 4 is 21.8 Å². The summed E-state index contributed by atoms with van der Waals surface area (Å²) < 4.78 is 10.1. The van der Waals surface area contributed by atoms with E-state index < -0.39 is 0 Å². The summed E-state index contributed by atoms with van der Waals surface area (Å²) in [6.07, 6.45) is 5.40. The third-order valence-electron chi connectivity index (χ3n) is 5.58. The molecule has 0 atom stereocenters. The lowest BCUT2D eigenvalue weighted by atomic mass is 10.1. The summed E-state index contributed by atoms with van der Waals surface area (Å²) in [4.78, 5) is 4.56. The Hall–Kier alpha value is -4.89. The minimum atomic E-state index is 0.632. The van der Waals surface area contributed by atoms with Gasteiger partial charge in [-0.15, -0.1) is 0 Å². The van der Waals surface area contributed by atoms with Crippen molar-refractivity contribution in [2.24, 2.45) is 0 Å². The van der Waals surface area contributed by atoms with Crippen LogP contribution in [0.2, 0.25) is 0 Å². The number of benzene rings is 3. The van der Waals surface area contributed by atoms with Crippen LogP contribution in [0.25, 0.3) is 33.3 Å². The second-order valence-corrected chi connectivity index (χ2v) is 7.56. The second-order valence-electron chi connectivity index (χ2n) is 7.56. The van der Waals surface area contributed by atoms with Crippen LogP contribution in [0, 0.1) is 11.3 Å². The van der Waals surface area contributed by atoms with Gasteiger partial charge in [0.2, 0.25) is 0 Å². The topological polar surface area (TPSA) is 68.7 Å². The highest BCUT2D eigenvalue weighted by molar-refractivity contribution is 6.12. The first-order valence-electron chi connectivity index (χ1n) is 10.5. The number of hydrogen-bond acceptors (Lipinski definition) is 4. The van der Waals surface area contributed by atoms with Gasteiger partial charge in [0.15, 0.2) is 0 Å². The summed E-state index contributed by atoms with van der Waals surface area (Å²) in [7, 11) is 0. The zero-order chi connectivity index (χ0) is 22.2. The van der Waals surface area contributed by atoms with Crippen molar-refractivity contribution < 1.29 is 4.74 Å². The monoisotopic (exact) mass is 427 g/mol. The predicted octanol–water partition coefficient (Wildman–Crippen LogP) is 6.03. The summed E-state index contributed by atoms with van der Waals surface area (Å²) in [5, 5.41) is 15.9. The van der Waals surface area contributed by atoms with Crippen molar-refractivity contribution in [1.82, 2.24) is 19.3 Å². The molecule has 0 aliphatic carbocycles. The molecule has 3 aromatic heterocycles. The van der Waals surface area contributed by atoms with Crippen LogP contribution in [0.15, 0.2) is 104 Å². The smallest absolute Gasteiger partial charge is 0.137 e. The van der Waals surface area contributed by atoms with Gasteiger partial charge in [0, 0.05) is 41.5 Å². The number of pyridine rings is 1. The van der Waals surface area contributed by atoms with Crippen LogP contribution in [0.3, 0.4) is 0 Å². The molecule has 0 N–H and O–H groups in total. The fraction of sp³-hybridized carbons (Fsp3) is 0. The van der Waals surface area contributed by atoms with Gasteiger partial charge in [0.1, 0.15) is 17.3 Å². The van der Waals surface area contributed by atoms with Gasteiger partial charge in [-0.2, -0.15) is 10.4 Å². The molecule has 0 saturated carbocycles. The van der Waals surface area contributed by atoms with E-state index in [2.05, 4.69) is 20.7 Å². The Morgan fingerprint density at radius 2 is 1.70 bits per heavy atom. The lowest BCUT2D eigenvalue weighted by Gasteiger charge is -2.10. The molecule has 6 rings (SSSR count). The van der Waals surface area contributed by atoms with E-state index in [1.165, 1.54) is 0 Å². The number of nitrogens with zero attached hydrogens (tertiary/aromatic N) is 5. The number of ether oxygens (including phenoxy) is 1. The summed E-state index contributed by atoms with van der Waals surface area (Å²) in [5.41, 5.74) is 3.40. The van der Waals surface area contributed by atoms with E-state index in [1.807, 2.05) is 91.1 Å². The molecule has 6 nitrogen and oxygen atoms in total. The molecule has 0 amide bonds. The first-order valence-corrected chi connectivity index (χ1v) is 10.5. The fourth-order valence-corrected chi connectivity index (χ4v) is 4.18. The highest BCUT2D eigenvalue weighted by Gasteiger charge is 2.16. The lowest BCUT2D eigenvalue weighted by Crippen LogP contribution is -1.97. The zero-order valence-corrected chi connectivity index (χ0v) is 17.5. The van der Waals surface area contributed by atoms with Crippen molar-refractivity contribution in [2.75, 3.05) is 0 Å². The molecule has 6 heteroatoms. The Morgan fingerprint density at radius 3 is 2.52 bits per heavy atom. The maximum Gasteiger partial charge on any atom is 0.137 e. The van der Waals surface area contributed by atoms with Crippen LogP contribution >= 0.6 is 0 Å². The second kappa shape index (κ2) is 7.66. The molecule has 0 saturated heterocycles. The van der Waals surface area contributed by atoms with E-state index in [0.717, 1.165) is 33.3 Å². The molecular weight excluding hydrogens is 410 g/mol. The average molecular weight is 427 g/mol. The van der Waals surface area contributed by atoms with Crippen LogP contribution in [0.5, 0.6) is 11.5 Å². The number of aromatic nitrogens is 4. The summed E-state index contributed by atoms with van der Waals surface area (Å²) in [6, 6.07) is 29.5. The van der Waals surface area contributed by atoms with Gasteiger partial charge < -0.3 is 4.74 Å². The molecule has 3 aromatic carbocycles. The molecule has 6 aromatic rings. The Balaban J connectivity index is 1.52. The number of hydrogen-bond donors (Lipinski definition) is 0. The Morgan fingerprint density at radius 1 is 0.788 bits per heavy atom. The van der Waals surface area contributed by atoms with Crippen molar-refractivity contribution in [1.29, 1.82) is 5.26 Å². The van der Waals surface area contributed by atoms with Gasteiger partial charge in [0.05, 0.1) is 28.4 Å². The van der Waals surface area contributed by atoms with Crippen LogP contribution in [-0.4, -0.2) is 19.3 Å². The van der Waals surface area contributed by atoms with Crippen molar-refractivity contribution in [3.63, 3.8) is 0 Å². The maximum absolute atomic E-state index is 9.72. The molecule has 0 aliphatic rings. The zero-order valence-electron chi connectivity index (χ0n) is 17.5. The predicted molar refractivity (Wildman–Crippen MR) is 127 cm³/mol. The highest BCUT2D eigenvalue weighted by Crippen LogP contribution is 2.36. The van der Waals surface area contributed by atoms with Gasteiger partial charge in [-0.05, 0) is 54.6 Å². The van der Waals surface area contributed by atoms with Crippen LogP contribution in [0.4, 0.5) is 0 Å². The molecule has 0 unspecified atom stereocenters. The van der Waals surface area contributed by atoms with Gasteiger partial charge >= 0.3 is 0 Å². The summed E-state index contributed by atoms with van der Waals surface area (Å²) in [5.74, 6) is 2.18. The molecule has 0 aliphatic heterocycles. The van der Waals surface area contributed by atoms with E-state index in [-0.39, 0.29) is 0 Å². The van der Waals surface area contributed by atoms with Crippen LogP contribution in [0.1, 0.15) is 5.56 Å². The van der Waals surface area contributed by atoms with Gasteiger partial charge in [-0.3, -0.25) is 4.57 Å². The molecule has 156 valence electrons. The third-order valence-corrected chi connectivity index (χ3v) is 5.58. The molecular formula is C27H17N5O. The summed E-state index contributed by atoms with van der Waals surface area (Å²) >= 11 is 0. The van der Waals surface area contributed by atoms with E-state index in [1.54, 1.807) is 17.1 Å². The average Bonchev–Trinajstić information content (AvgIpc) is 3.51. The minimum absolute atomic E-state index is 0.632. The SMILES string of the molecule is N#Cc1cccc2c1c1ccc(Oc3cccc(-n4cccn4)c3)cc1n2-c1ccccn1. The van der Waals surface area contributed by atoms with E-state index in [4.69, 9.17) is 4.74 Å². The largest absolute Gasteiger partial charge is 0.457 e. The quantitative estimate of drug-likeness (QED) is 0.345. The number of rotatable bonds is 4. The van der Waals surface area contributed by atoms with Gasteiger partial charge in [0.25, 0.3) is 0 Å². The van der Waals surface area contributed by atoms with E-state index in [0.29, 0.717) is 17.1 Å². The van der Waals surface area contributed by atoms with Crippen LogP contribution in [-0.2, 0) is 0 Å². The standard InChI is InChI=1S/C27H17N5O/c28-18-19-6-3-9-24-27(19)23-12-11-22(17-25(23)32(24)26-10-1-2-13-29-26)33-21-8-4-7-20(16-21)31-15-5-14-30-31/h1-17H. The molecule has 3 heterocycles. The number of nitriles is 1. The highest BCUT2D eigenvalue weighted by atomic mass is 16.5. The molecule has 0 spiro atoms. The Bertz CT molecular complexity index is 1640. The van der Waals surface area contributed by atoms with E-state index >= 15 is 0 Å². The first-order chi connectivity index (χ1) is 16.3. The van der Waals surface area contributed by atoms with Crippen molar-refractivity contribution in [3.8, 4) is 29.1 Å². The molecule has 0 radical (unpaired) electrons. The molecule has 0 bridgehead atoms. The van der Waals surface area contributed by atoms with Crippen molar-refractivity contribution in [3.05, 3.63) is 109 Å². The third kappa shape index (κ3) is 3.20. The van der Waals surface area contributed by atoms with Gasteiger partial charge in [-0.25, -0.2) is 9.67 Å². The first kappa shape index (κ1) is 18.8. The fourth-order valence-electron chi connectivity index (χ4n) is 4.18. The van der Waals surface area contributed by atoms with Gasteiger partial charge in [-0.1, -0.05) is 18.2 Å². The normalized spacial score (nSPS) is 11.0. The van der Waals surface area contributed by atoms with Crippen LogP contribution < -0.4 is 4.74 Å². The Kier molecular flexibility index (Phi) is 4.38. The van der Waals surface area contributed by atoms with Crippen molar-refractivity contribution in [2.45, 2.75) is 0 Å². The van der Waals surface area contributed by atoms with E-state index in [9.17, 15) is 5.26 Å². The lowest BCUT2D eigenvalue weighted by molar-refractivity contribution is 0.483. The molecule has 0 fully saturated rings. The minimum Gasteiger partial charge on any atom is -0.457 e. The molecule has 33 heavy (non-hydrogen) atoms. The summed E-state index contributed by atoms with van der Waals surface area (Å²) in [6.45, 7) is 0. The maximum atomic E-state index is 9.72. The Labute approximate surface area is 189 Å².